The van der Waals surface area contributed by atoms with Crippen LogP contribution in [0.25, 0.3) is 0 Å². The molecule has 1 amide bonds. The second-order valence-electron chi connectivity index (χ2n) is 8.62. The molecule has 2 aromatic rings. The summed E-state index contributed by atoms with van der Waals surface area (Å²) >= 11 is 0. The van der Waals surface area contributed by atoms with Crippen molar-refractivity contribution in [3.63, 3.8) is 0 Å². The molecule has 3 rings (SSSR count). The predicted octanol–water partition coefficient (Wildman–Crippen LogP) is 4.01. The topological polar surface area (TPSA) is 60.0 Å². The van der Waals surface area contributed by atoms with Crippen LogP contribution < -0.4 is 10.6 Å². The molecule has 7 heteroatoms. The zero-order chi connectivity index (χ0) is 22.2. The van der Waals surface area contributed by atoms with Gasteiger partial charge in [-0.15, -0.1) is 24.0 Å². The number of likely N-dealkylation sites (N-methyl/N-ethyl adjacent to an activating group) is 1. The highest BCUT2D eigenvalue weighted by atomic mass is 127. The summed E-state index contributed by atoms with van der Waals surface area (Å²) < 4.78 is 0. The molecule has 32 heavy (non-hydrogen) atoms. The number of piperidine rings is 1. The smallest absolute Gasteiger partial charge is 0.238 e. The third kappa shape index (κ3) is 7.48. The molecule has 0 aliphatic carbocycles. The summed E-state index contributed by atoms with van der Waals surface area (Å²) in [4.78, 5) is 20.7. The Morgan fingerprint density at radius 3 is 2.56 bits per heavy atom. The number of hydrogen-bond acceptors (Lipinski definition) is 3. The van der Waals surface area contributed by atoms with Crippen molar-refractivity contribution >= 4 is 41.5 Å². The lowest BCUT2D eigenvalue weighted by molar-refractivity contribution is -0.116. The van der Waals surface area contributed by atoms with Crippen LogP contribution in [0.15, 0.2) is 59.6 Å². The molecular weight excluding hydrogens is 513 g/mol. The average molecular weight is 550 g/mol. The summed E-state index contributed by atoms with van der Waals surface area (Å²) in [5.41, 5.74) is 3.36. The number of carbonyl (C=O) groups is 1. The summed E-state index contributed by atoms with van der Waals surface area (Å²) in [7, 11) is 5.61. The van der Waals surface area contributed by atoms with Gasteiger partial charge in [-0.2, -0.15) is 0 Å². The van der Waals surface area contributed by atoms with Crippen molar-refractivity contribution in [1.82, 2.24) is 15.1 Å². The Morgan fingerprint density at radius 2 is 1.91 bits per heavy atom. The van der Waals surface area contributed by atoms with Gasteiger partial charge in [0.1, 0.15) is 0 Å². The Labute approximate surface area is 209 Å². The Kier molecular flexibility index (Phi) is 10.4. The SMILES string of the molecule is CN=C(NCc1cccc(NC(=O)CN(C)C)c1)N1CCC(c2ccccc2)C(C)C1.I. The molecule has 1 heterocycles. The van der Waals surface area contributed by atoms with Crippen molar-refractivity contribution in [2.24, 2.45) is 10.9 Å². The standard InChI is InChI=1S/C25H35N5O.HI/c1-19-17-30(14-13-23(19)21-10-6-5-7-11-21)25(26-2)27-16-20-9-8-12-22(15-20)28-24(31)18-29(3)4;/h5-12,15,19,23H,13-14,16-18H2,1-4H3,(H,26,27)(H,28,31);1H. The summed E-state index contributed by atoms with van der Waals surface area (Å²) in [5.74, 6) is 2.07. The summed E-state index contributed by atoms with van der Waals surface area (Å²) in [6.45, 7) is 5.34. The number of amides is 1. The van der Waals surface area contributed by atoms with E-state index in [1.807, 2.05) is 44.2 Å². The van der Waals surface area contributed by atoms with E-state index in [0.717, 1.165) is 36.7 Å². The lowest BCUT2D eigenvalue weighted by Crippen LogP contribution is -2.47. The molecule has 0 bridgehead atoms. The van der Waals surface area contributed by atoms with Crippen LogP contribution in [0.3, 0.4) is 0 Å². The lowest BCUT2D eigenvalue weighted by Gasteiger charge is -2.39. The quantitative estimate of drug-likeness (QED) is 0.325. The van der Waals surface area contributed by atoms with E-state index in [-0.39, 0.29) is 29.9 Å². The monoisotopic (exact) mass is 549 g/mol. The first-order chi connectivity index (χ1) is 15.0. The highest BCUT2D eigenvalue weighted by Crippen LogP contribution is 2.32. The maximum Gasteiger partial charge on any atom is 0.238 e. The van der Waals surface area contributed by atoms with Crippen LogP contribution >= 0.6 is 24.0 Å². The fraction of sp³-hybridized carbons (Fsp3) is 0.440. The molecule has 2 unspecified atom stereocenters. The predicted molar refractivity (Wildman–Crippen MR) is 144 cm³/mol. The second kappa shape index (κ2) is 12.8. The van der Waals surface area contributed by atoms with Crippen LogP contribution in [0.4, 0.5) is 5.69 Å². The molecule has 1 fully saturated rings. The molecule has 1 saturated heterocycles. The Bertz CT molecular complexity index is 887. The van der Waals surface area contributed by atoms with E-state index in [2.05, 4.69) is 63.8 Å². The first-order valence-electron chi connectivity index (χ1n) is 11.0. The van der Waals surface area contributed by atoms with Gasteiger partial charge < -0.3 is 20.4 Å². The first kappa shape index (κ1) is 26.1. The maximum absolute atomic E-state index is 12.0. The van der Waals surface area contributed by atoms with Crippen molar-refractivity contribution in [1.29, 1.82) is 0 Å². The van der Waals surface area contributed by atoms with E-state index in [9.17, 15) is 4.79 Å². The van der Waals surface area contributed by atoms with Crippen LogP contribution in [-0.4, -0.2) is 62.4 Å². The minimum absolute atomic E-state index is 0. The molecule has 2 N–H and O–H groups in total. The van der Waals surface area contributed by atoms with Crippen molar-refractivity contribution in [3.8, 4) is 0 Å². The van der Waals surface area contributed by atoms with Gasteiger partial charge in [0.25, 0.3) is 0 Å². The van der Waals surface area contributed by atoms with Crippen molar-refractivity contribution in [2.75, 3.05) is 46.1 Å². The largest absolute Gasteiger partial charge is 0.352 e. The number of aliphatic imine (C=N–C) groups is 1. The van der Waals surface area contributed by atoms with Gasteiger partial charge in [0.05, 0.1) is 6.54 Å². The van der Waals surface area contributed by atoms with Gasteiger partial charge in [0, 0.05) is 32.4 Å². The minimum Gasteiger partial charge on any atom is -0.352 e. The fourth-order valence-electron chi connectivity index (χ4n) is 4.29. The number of hydrogen-bond donors (Lipinski definition) is 2. The van der Waals surface area contributed by atoms with Crippen molar-refractivity contribution in [2.45, 2.75) is 25.8 Å². The molecule has 0 saturated carbocycles. The van der Waals surface area contributed by atoms with E-state index < -0.39 is 0 Å². The molecule has 0 spiro atoms. The Balaban J connectivity index is 0.00000363. The molecule has 1 aliphatic heterocycles. The average Bonchev–Trinajstić information content (AvgIpc) is 2.74. The fourth-order valence-corrected chi connectivity index (χ4v) is 4.29. The Morgan fingerprint density at radius 1 is 1.16 bits per heavy atom. The molecule has 2 aromatic carbocycles. The molecule has 174 valence electrons. The van der Waals surface area contributed by atoms with Crippen LogP contribution in [0.1, 0.15) is 30.4 Å². The first-order valence-corrected chi connectivity index (χ1v) is 11.0. The molecule has 1 aliphatic rings. The van der Waals surface area contributed by atoms with Crippen LogP contribution in [0.2, 0.25) is 0 Å². The van der Waals surface area contributed by atoms with Crippen LogP contribution in [0.5, 0.6) is 0 Å². The highest BCUT2D eigenvalue weighted by molar-refractivity contribution is 14.0. The lowest BCUT2D eigenvalue weighted by atomic mass is 9.82. The number of rotatable bonds is 6. The summed E-state index contributed by atoms with van der Waals surface area (Å²) in [6, 6.07) is 18.8. The molecule has 0 aromatic heterocycles. The molecule has 2 atom stereocenters. The summed E-state index contributed by atoms with van der Waals surface area (Å²) in [5, 5.41) is 6.45. The van der Waals surface area contributed by atoms with Gasteiger partial charge in [-0.3, -0.25) is 9.79 Å². The summed E-state index contributed by atoms with van der Waals surface area (Å²) in [6.07, 6.45) is 1.12. The van der Waals surface area contributed by atoms with Crippen molar-refractivity contribution in [3.05, 3.63) is 65.7 Å². The number of halogens is 1. The van der Waals surface area contributed by atoms with Gasteiger partial charge in [0.15, 0.2) is 5.96 Å². The van der Waals surface area contributed by atoms with E-state index in [1.165, 1.54) is 5.56 Å². The number of guanidine groups is 1. The number of nitrogens with one attached hydrogen (secondary N) is 2. The van der Waals surface area contributed by atoms with Gasteiger partial charge in [-0.1, -0.05) is 49.4 Å². The van der Waals surface area contributed by atoms with Crippen molar-refractivity contribution < 1.29 is 4.79 Å². The zero-order valence-corrected chi connectivity index (χ0v) is 21.9. The number of anilines is 1. The normalized spacial score (nSPS) is 18.8. The number of carbonyl (C=O) groups excluding carboxylic acids is 1. The van der Waals surface area contributed by atoms with E-state index in [1.54, 1.807) is 0 Å². The van der Waals surface area contributed by atoms with Gasteiger partial charge in [-0.05, 0) is 55.6 Å². The van der Waals surface area contributed by atoms with Gasteiger partial charge in [0.2, 0.25) is 5.91 Å². The van der Waals surface area contributed by atoms with Crippen LogP contribution in [0, 0.1) is 5.92 Å². The zero-order valence-electron chi connectivity index (χ0n) is 19.5. The van der Waals surface area contributed by atoms with Gasteiger partial charge >= 0.3 is 0 Å². The van der Waals surface area contributed by atoms with E-state index >= 15 is 0 Å². The number of likely N-dealkylation sites (tertiary alicyclic amines) is 1. The van der Waals surface area contributed by atoms with E-state index in [4.69, 9.17) is 0 Å². The number of nitrogens with zero attached hydrogens (tertiary/aromatic N) is 3. The van der Waals surface area contributed by atoms with Crippen LogP contribution in [-0.2, 0) is 11.3 Å². The number of benzene rings is 2. The van der Waals surface area contributed by atoms with Gasteiger partial charge in [-0.25, -0.2) is 0 Å². The maximum atomic E-state index is 12.0. The molecular formula is C25H36IN5O. The molecule has 0 radical (unpaired) electrons. The third-order valence-electron chi connectivity index (χ3n) is 5.77. The highest BCUT2D eigenvalue weighted by Gasteiger charge is 2.28. The van der Waals surface area contributed by atoms with E-state index in [0.29, 0.717) is 24.9 Å². The third-order valence-corrected chi connectivity index (χ3v) is 5.77. The Hall–Kier alpha value is -2.13. The molecule has 6 nitrogen and oxygen atoms in total. The second-order valence-corrected chi connectivity index (χ2v) is 8.62. The minimum atomic E-state index is -0.0128.